The Kier molecular flexibility index (Phi) is 7.83. The van der Waals surface area contributed by atoms with E-state index in [-0.39, 0.29) is 11.4 Å². The molecule has 11 heteroatoms. The quantitative estimate of drug-likeness (QED) is 0.265. The lowest BCUT2D eigenvalue weighted by Gasteiger charge is -2.30. The van der Waals surface area contributed by atoms with Crippen molar-refractivity contribution in [3.63, 3.8) is 0 Å². The highest BCUT2D eigenvalue weighted by atomic mass is 80.0. The van der Waals surface area contributed by atoms with Crippen molar-refractivity contribution < 1.29 is 8.42 Å². The molecule has 0 amide bonds. The molecule has 30 heavy (non-hydrogen) atoms. The van der Waals surface area contributed by atoms with Gasteiger partial charge in [-0.2, -0.15) is 0 Å². The van der Waals surface area contributed by atoms with Crippen molar-refractivity contribution in [2.45, 2.75) is 16.8 Å². The summed E-state index contributed by atoms with van der Waals surface area (Å²) in [6.07, 6.45) is 4.34. The molecule has 0 spiro atoms. The number of alkyl halides is 5. The smallest absolute Gasteiger partial charge is 0.259 e. The molecule has 0 radical (unpaired) electrons. The SMILES string of the molecule is O=S(=O)(c1ccccc1)N(Cc1ccc(C(Br)(Br)C(Br)(Br)Br)cc1)c1cncnc1. The van der Waals surface area contributed by atoms with E-state index in [0.29, 0.717) is 5.69 Å². The van der Waals surface area contributed by atoms with Crippen molar-refractivity contribution in [3.05, 3.63) is 84.4 Å². The molecule has 0 aliphatic rings. The Hall–Kier alpha value is -0.330. The summed E-state index contributed by atoms with van der Waals surface area (Å²) >= 11 is 17.8. The number of sulfonamides is 1. The molecule has 1 aromatic heterocycles. The number of hydrogen-bond acceptors (Lipinski definition) is 4. The molecule has 0 unspecified atom stereocenters. The Morgan fingerprint density at radius 2 is 1.40 bits per heavy atom. The highest BCUT2D eigenvalue weighted by Crippen LogP contribution is 2.58. The zero-order valence-electron chi connectivity index (χ0n) is 15.1. The number of rotatable bonds is 6. The molecule has 0 aliphatic heterocycles. The first-order chi connectivity index (χ1) is 14.0. The fourth-order valence-corrected chi connectivity index (χ4v) is 5.27. The van der Waals surface area contributed by atoms with Gasteiger partial charge in [0.25, 0.3) is 10.0 Å². The van der Waals surface area contributed by atoms with Gasteiger partial charge in [-0.25, -0.2) is 18.4 Å². The van der Waals surface area contributed by atoms with Crippen LogP contribution in [-0.2, 0) is 19.8 Å². The van der Waals surface area contributed by atoms with Gasteiger partial charge in [-0.3, -0.25) is 4.31 Å². The fourth-order valence-electron chi connectivity index (χ4n) is 2.60. The second-order valence-electron chi connectivity index (χ2n) is 6.19. The summed E-state index contributed by atoms with van der Waals surface area (Å²) in [4.78, 5) is 8.17. The monoisotopic (exact) mass is 743 g/mol. The Morgan fingerprint density at radius 3 is 1.93 bits per heavy atom. The lowest BCUT2D eigenvalue weighted by atomic mass is 10.1. The van der Waals surface area contributed by atoms with Crippen molar-refractivity contribution in [1.29, 1.82) is 0 Å². The first kappa shape index (κ1) is 24.3. The molecule has 5 nitrogen and oxygen atoms in total. The molecule has 3 rings (SSSR count). The van der Waals surface area contributed by atoms with Gasteiger partial charge in [-0.05, 0) is 23.3 Å². The van der Waals surface area contributed by atoms with E-state index in [9.17, 15) is 8.42 Å². The second-order valence-corrected chi connectivity index (χ2v) is 18.3. The van der Waals surface area contributed by atoms with Crippen LogP contribution in [0.3, 0.4) is 0 Å². The average molecular weight is 748 g/mol. The lowest BCUT2D eigenvalue weighted by Crippen LogP contribution is -2.31. The minimum Gasteiger partial charge on any atom is -0.259 e. The minimum atomic E-state index is -3.80. The Morgan fingerprint density at radius 1 is 0.833 bits per heavy atom. The number of halogens is 5. The van der Waals surface area contributed by atoms with Gasteiger partial charge in [-0.1, -0.05) is 122 Å². The van der Waals surface area contributed by atoms with Gasteiger partial charge in [0.05, 0.1) is 29.5 Å². The van der Waals surface area contributed by atoms with Crippen molar-refractivity contribution in [2.24, 2.45) is 0 Å². The summed E-state index contributed by atoms with van der Waals surface area (Å²) < 4.78 is 26.7. The standard InChI is InChI=1S/C19H14Br5N3O2S/c20-18(21,19(22,23)24)15-8-6-14(7-9-15)12-27(16-10-25-13-26-11-16)30(28,29)17-4-2-1-3-5-17/h1-11,13H,12H2. The van der Waals surface area contributed by atoms with Gasteiger partial charge in [0.2, 0.25) is 0 Å². The van der Waals surface area contributed by atoms with Crippen molar-refractivity contribution in [2.75, 3.05) is 4.31 Å². The van der Waals surface area contributed by atoms with Crippen LogP contribution in [0.1, 0.15) is 11.1 Å². The average Bonchev–Trinajstić information content (AvgIpc) is 2.72. The summed E-state index contributed by atoms with van der Waals surface area (Å²) in [5, 5.41) is 0. The molecule has 0 aliphatic carbocycles. The predicted octanol–water partition coefficient (Wildman–Crippen LogP) is 6.65. The van der Waals surface area contributed by atoms with Crippen LogP contribution in [0.15, 0.2) is 78.2 Å². The van der Waals surface area contributed by atoms with Crippen LogP contribution in [0.25, 0.3) is 0 Å². The fraction of sp³-hybridized carbons (Fsp3) is 0.158. The van der Waals surface area contributed by atoms with Gasteiger partial charge in [-0.15, -0.1) is 0 Å². The van der Waals surface area contributed by atoms with Crippen molar-refractivity contribution in [3.8, 4) is 0 Å². The van der Waals surface area contributed by atoms with Crippen LogP contribution >= 0.6 is 79.6 Å². The zero-order valence-corrected chi connectivity index (χ0v) is 23.8. The van der Waals surface area contributed by atoms with Crippen LogP contribution in [0.2, 0.25) is 0 Å². The Labute approximate surface area is 217 Å². The van der Waals surface area contributed by atoms with E-state index >= 15 is 0 Å². The third kappa shape index (κ3) is 5.35. The first-order valence-electron chi connectivity index (χ1n) is 8.40. The maximum atomic E-state index is 13.3. The molecule has 0 fully saturated rings. The van der Waals surface area contributed by atoms with Gasteiger partial charge in [0.1, 0.15) is 9.56 Å². The summed E-state index contributed by atoms with van der Waals surface area (Å²) in [5.41, 5.74) is 2.11. The van der Waals surface area contributed by atoms with E-state index in [1.54, 1.807) is 30.3 Å². The van der Waals surface area contributed by atoms with Gasteiger partial charge >= 0.3 is 0 Å². The zero-order chi connectivity index (χ0) is 22.0. The highest BCUT2D eigenvalue weighted by molar-refractivity contribution is 9.41. The van der Waals surface area contributed by atoms with E-state index in [0.717, 1.165) is 11.1 Å². The van der Waals surface area contributed by atoms with Crippen LogP contribution in [-0.4, -0.2) is 20.5 Å². The third-order valence-electron chi connectivity index (χ3n) is 4.16. The molecular formula is C19H14Br5N3O2S. The predicted molar refractivity (Wildman–Crippen MR) is 137 cm³/mol. The summed E-state index contributed by atoms with van der Waals surface area (Å²) in [5.74, 6) is 0. The summed E-state index contributed by atoms with van der Waals surface area (Å²) in [7, 11) is -3.80. The van der Waals surface area contributed by atoms with Crippen LogP contribution in [0.5, 0.6) is 0 Å². The number of hydrogen-bond donors (Lipinski definition) is 0. The van der Waals surface area contributed by atoms with Gasteiger partial charge < -0.3 is 0 Å². The maximum Gasteiger partial charge on any atom is 0.264 e. The van der Waals surface area contributed by atoms with Gasteiger partial charge in [0.15, 0.2) is 2.14 Å². The van der Waals surface area contributed by atoms with Crippen molar-refractivity contribution in [1.82, 2.24) is 9.97 Å². The molecule has 0 N–H and O–H groups in total. The molecule has 2 aromatic carbocycles. The number of nitrogens with zero attached hydrogens (tertiary/aromatic N) is 3. The minimum absolute atomic E-state index is 0.129. The van der Waals surface area contributed by atoms with Crippen LogP contribution < -0.4 is 4.31 Å². The molecule has 1 heterocycles. The van der Waals surface area contributed by atoms with Crippen LogP contribution in [0, 0.1) is 0 Å². The molecule has 0 bridgehead atoms. The largest absolute Gasteiger partial charge is 0.264 e. The molecule has 3 aromatic rings. The Bertz CT molecular complexity index is 1090. The van der Waals surface area contributed by atoms with Gasteiger partial charge in [0, 0.05) is 0 Å². The third-order valence-corrected chi connectivity index (χ3v) is 13.0. The molecule has 0 saturated carbocycles. The second kappa shape index (κ2) is 9.66. The van der Waals surface area contributed by atoms with E-state index in [4.69, 9.17) is 0 Å². The molecule has 0 atom stereocenters. The Balaban J connectivity index is 1.97. The molecule has 158 valence electrons. The summed E-state index contributed by atoms with van der Waals surface area (Å²) in [6.45, 7) is 0.129. The first-order valence-corrected chi connectivity index (χ1v) is 13.8. The topological polar surface area (TPSA) is 63.2 Å². The normalized spacial score (nSPS) is 12.6. The van der Waals surface area contributed by atoms with Crippen molar-refractivity contribution >= 4 is 95.4 Å². The molecule has 0 saturated heterocycles. The van der Waals surface area contributed by atoms with E-state index < -0.39 is 15.4 Å². The maximum absolute atomic E-state index is 13.3. The van der Waals surface area contributed by atoms with E-state index in [1.807, 2.05) is 24.3 Å². The lowest BCUT2D eigenvalue weighted by molar-refractivity contribution is 0.590. The number of benzene rings is 2. The van der Waals surface area contributed by atoms with E-state index in [2.05, 4.69) is 89.6 Å². The van der Waals surface area contributed by atoms with Crippen LogP contribution in [0.4, 0.5) is 5.69 Å². The molecular weight excluding hydrogens is 734 g/mol. The summed E-state index contributed by atoms with van der Waals surface area (Å²) in [6, 6.07) is 15.9. The number of aromatic nitrogens is 2. The highest BCUT2D eigenvalue weighted by Gasteiger charge is 2.44. The number of anilines is 1. The van der Waals surface area contributed by atoms with E-state index in [1.165, 1.54) is 23.0 Å².